The molecule has 2 amide bonds. The van der Waals surface area contributed by atoms with Gasteiger partial charge in [-0.15, -0.1) is 0 Å². The van der Waals surface area contributed by atoms with Gasteiger partial charge < -0.3 is 48.8 Å². The van der Waals surface area contributed by atoms with Crippen molar-refractivity contribution < 1.29 is 71.0 Å². The van der Waals surface area contributed by atoms with Crippen molar-refractivity contribution >= 4 is 68.0 Å². The number of phenolic OH excluding ortho intramolecular Hbond substituents is 1. The van der Waals surface area contributed by atoms with Crippen molar-refractivity contribution in [2.24, 2.45) is 0 Å². The number of ether oxygens (including phenoxy) is 5. The van der Waals surface area contributed by atoms with Crippen LogP contribution in [0.25, 0.3) is 23.3 Å². The molecule has 0 fully saturated rings. The van der Waals surface area contributed by atoms with Crippen molar-refractivity contribution in [2.75, 3.05) is 89.1 Å². The topological polar surface area (TPSA) is 277 Å². The number of aromatic hydroxyl groups is 1. The van der Waals surface area contributed by atoms with Gasteiger partial charge in [0.05, 0.1) is 112 Å². The van der Waals surface area contributed by atoms with Crippen molar-refractivity contribution in [3.05, 3.63) is 253 Å². The highest BCUT2D eigenvalue weighted by molar-refractivity contribution is 7.86. The Balaban J connectivity index is 0.000000201. The Kier molecular flexibility index (Phi) is 26.2. The summed E-state index contributed by atoms with van der Waals surface area (Å²) in [6.45, 7) is 5.73. The minimum absolute atomic E-state index is 0.00112. The molecule has 0 spiro atoms. The third kappa shape index (κ3) is 20.6. The van der Waals surface area contributed by atoms with Crippen LogP contribution in [0, 0.1) is 27.2 Å². The van der Waals surface area contributed by atoms with Gasteiger partial charge >= 0.3 is 0 Å². The van der Waals surface area contributed by atoms with Gasteiger partial charge in [-0.25, -0.2) is 0 Å². The van der Waals surface area contributed by atoms with Gasteiger partial charge in [-0.3, -0.25) is 34.0 Å². The molecule has 21 nitrogen and oxygen atoms in total. The number of amides is 2. The van der Waals surface area contributed by atoms with E-state index in [-0.39, 0.29) is 66.9 Å². The highest BCUT2D eigenvalue weighted by atomic mass is 32.2. The zero-order chi connectivity index (χ0) is 63.4. The Hall–Kier alpha value is -9.49. The molecular formula is C67H68N4O17S. The second-order valence-electron chi connectivity index (χ2n) is 19.5. The number of rotatable bonds is 29. The lowest BCUT2D eigenvalue weighted by Gasteiger charge is -2.17. The van der Waals surface area contributed by atoms with E-state index in [1.54, 1.807) is 101 Å². The molecule has 0 aliphatic carbocycles. The Bertz CT molecular complexity index is 3690. The van der Waals surface area contributed by atoms with Gasteiger partial charge in [-0.05, 0) is 114 Å². The average molecular weight is 1230 g/mol. The lowest BCUT2D eigenvalue weighted by Crippen LogP contribution is -2.25. The fraction of sp³-hybridized carbons (Fsp3) is 0.224. The molecule has 9 rings (SSSR count). The fourth-order valence-electron chi connectivity index (χ4n) is 8.80. The number of carbonyl (C=O) groups is 2. The maximum absolute atomic E-state index is 13.4. The quantitative estimate of drug-likeness (QED) is 0.0129. The number of fused-ring (bicyclic) bond motifs is 2. The lowest BCUT2D eigenvalue weighted by atomic mass is 10.1. The number of nitro benzene ring substituents is 2. The van der Waals surface area contributed by atoms with E-state index in [1.807, 2.05) is 85.8 Å². The highest BCUT2D eigenvalue weighted by Crippen LogP contribution is 2.39. The van der Waals surface area contributed by atoms with Crippen molar-refractivity contribution in [3.63, 3.8) is 0 Å². The molecule has 0 bridgehead atoms. The first-order valence-electron chi connectivity index (χ1n) is 28.2. The molecule has 464 valence electrons. The number of benzene rings is 7. The number of hydrogen-bond donors (Lipinski definition) is 3. The number of hydrogen-bond acceptors (Lipinski definition) is 17. The van der Waals surface area contributed by atoms with Crippen LogP contribution in [0.4, 0.5) is 22.7 Å². The number of non-ortho nitro benzene ring substituents is 2. The number of nitro groups is 2. The van der Waals surface area contributed by atoms with E-state index in [9.17, 15) is 43.3 Å². The van der Waals surface area contributed by atoms with E-state index < -0.39 is 20.0 Å². The Morgan fingerprint density at radius 2 is 0.899 bits per heavy atom. The van der Waals surface area contributed by atoms with Gasteiger partial charge in [0.15, 0.2) is 0 Å². The number of anilines is 2. The fourth-order valence-corrected chi connectivity index (χ4v) is 9.69. The molecule has 22 heteroatoms. The molecule has 0 aromatic heterocycles. The first-order valence-corrected chi connectivity index (χ1v) is 29.6. The summed E-state index contributed by atoms with van der Waals surface area (Å²) in [5.41, 5.74) is 9.11. The summed E-state index contributed by atoms with van der Waals surface area (Å²) in [5.74, 6) is 0.704. The van der Waals surface area contributed by atoms with Crippen molar-refractivity contribution in [2.45, 2.75) is 24.9 Å². The predicted molar refractivity (Wildman–Crippen MR) is 337 cm³/mol. The van der Waals surface area contributed by atoms with Crippen LogP contribution in [-0.4, -0.2) is 125 Å². The Morgan fingerprint density at radius 1 is 0.494 bits per heavy atom. The molecule has 0 saturated heterocycles. The van der Waals surface area contributed by atoms with Gasteiger partial charge in [0, 0.05) is 46.5 Å². The molecule has 7 aromatic carbocycles. The van der Waals surface area contributed by atoms with Gasteiger partial charge in [0.2, 0.25) is 0 Å². The number of phenols is 1. The van der Waals surface area contributed by atoms with Crippen molar-refractivity contribution in [3.8, 4) is 11.5 Å². The minimum Gasteiger partial charge on any atom is -0.508 e. The number of para-hydroxylation sites is 2. The molecule has 0 radical (unpaired) electrons. The molecular weight excluding hydrogens is 1160 g/mol. The van der Waals surface area contributed by atoms with Crippen LogP contribution in [0.2, 0.25) is 0 Å². The van der Waals surface area contributed by atoms with Crippen LogP contribution in [0.15, 0.2) is 199 Å². The van der Waals surface area contributed by atoms with Gasteiger partial charge in [0.25, 0.3) is 33.3 Å². The zero-order valence-corrected chi connectivity index (χ0v) is 49.6. The molecule has 7 aromatic rings. The molecule has 0 unspecified atom stereocenters. The highest BCUT2D eigenvalue weighted by Gasteiger charge is 2.33. The predicted octanol–water partition coefficient (Wildman–Crippen LogP) is 10.3. The largest absolute Gasteiger partial charge is 0.508 e. The summed E-state index contributed by atoms with van der Waals surface area (Å²) in [5, 5.41) is 48.2. The van der Waals surface area contributed by atoms with E-state index in [0.717, 1.165) is 50.3 Å². The van der Waals surface area contributed by atoms with Gasteiger partial charge in [-0.2, -0.15) is 8.42 Å². The summed E-state index contributed by atoms with van der Waals surface area (Å²) in [4.78, 5) is 50.8. The van der Waals surface area contributed by atoms with Gasteiger partial charge in [0.1, 0.15) is 18.1 Å². The van der Waals surface area contributed by atoms with E-state index in [4.69, 9.17) is 38.1 Å². The summed E-state index contributed by atoms with van der Waals surface area (Å²) >= 11 is 0. The zero-order valence-electron chi connectivity index (χ0n) is 48.8. The molecule has 0 saturated carbocycles. The maximum atomic E-state index is 13.4. The van der Waals surface area contributed by atoms with E-state index in [1.165, 1.54) is 36.4 Å². The first-order chi connectivity index (χ1) is 43.1. The Morgan fingerprint density at radius 3 is 1.34 bits per heavy atom. The van der Waals surface area contributed by atoms with Crippen molar-refractivity contribution in [1.29, 1.82) is 0 Å². The van der Waals surface area contributed by atoms with Crippen LogP contribution in [-0.2, 0) is 55.9 Å². The minimum atomic E-state index is -3.72. The monoisotopic (exact) mass is 1230 g/mol. The SMILES string of the molecule is Cc1ccc(S(=O)(=O)OCCOCCOCCO)cc1.O=C1C(=CC=Cc2ccc([N+](=O)[O-])cc2)c2ccccc2N1Cc1ccc(O)cc1.O=C1C(=CC=Cc2ccc([N+](=O)[O-])cc2)c2ccccc2N1Cc1ccc(OCCOCCOCCO)cc1. The van der Waals surface area contributed by atoms with Crippen LogP contribution in [0.3, 0.4) is 0 Å². The average Bonchev–Trinajstić information content (AvgIpc) is 3.79. The van der Waals surface area contributed by atoms with Crippen LogP contribution >= 0.6 is 0 Å². The van der Waals surface area contributed by atoms with Crippen LogP contribution in [0.1, 0.15) is 38.9 Å². The molecule has 2 aliphatic rings. The molecule has 89 heavy (non-hydrogen) atoms. The summed E-state index contributed by atoms with van der Waals surface area (Å²) in [7, 11) is -3.72. The summed E-state index contributed by atoms with van der Waals surface area (Å²) in [6, 6.07) is 48.6. The number of aliphatic hydroxyl groups is 2. The van der Waals surface area contributed by atoms with Crippen molar-refractivity contribution in [1.82, 2.24) is 0 Å². The Labute approximate surface area is 515 Å². The summed E-state index contributed by atoms with van der Waals surface area (Å²) < 4.78 is 54.8. The lowest BCUT2D eigenvalue weighted by molar-refractivity contribution is -0.385. The number of carbonyl (C=O) groups excluding carboxylic acids is 2. The molecule has 2 heterocycles. The summed E-state index contributed by atoms with van der Waals surface area (Å²) in [6.07, 6.45) is 10.7. The third-order valence-corrected chi connectivity index (χ3v) is 14.6. The number of nitrogens with zero attached hydrogens (tertiary/aromatic N) is 4. The second-order valence-corrected chi connectivity index (χ2v) is 21.2. The molecule has 3 N–H and O–H groups in total. The van der Waals surface area contributed by atoms with Crippen LogP contribution < -0.4 is 14.5 Å². The first kappa shape index (κ1) is 67.0. The van der Waals surface area contributed by atoms with E-state index in [0.29, 0.717) is 76.2 Å². The normalized spacial score (nSPS) is 13.6. The number of aryl methyl sites for hydroxylation is 1. The molecule has 0 atom stereocenters. The van der Waals surface area contributed by atoms with Crippen LogP contribution in [0.5, 0.6) is 11.5 Å². The smallest absolute Gasteiger partial charge is 0.297 e. The molecule has 2 aliphatic heterocycles. The second kappa shape index (κ2) is 34.7. The standard InChI is InChI=1S/C30H30N2O7.C24H18N2O4.C13H20O6S/c33-16-17-37-18-19-38-20-21-39-26-14-10-24(11-15-26)22-31-29-7-2-1-5-27(29)28(30(31)34)6-3-4-23-8-12-25(13-9-23)32(35)36;27-20-14-10-18(11-15-20)16-25-23-7-2-1-5-21(23)22(24(25)28)6-3-4-17-8-12-19(13-9-17)26(29)30;1-12-2-4-13(5-3-12)20(15,16)19-11-10-18-9-8-17-7-6-14/h1-15,33H,16-22H2;1-15,27H,16H2;2-5,14H,6-11H2,1H3. The van der Waals surface area contributed by atoms with E-state index >= 15 is 0 Å². The maximum Gasteiger partial charge on any atom is 0.297 e. The number of aliphatic hydroxyl groups excluding tert-OH is 2. The number of allylic oxidation sites excluding steroid dienone is 4. The van der Waals surface area contributed by atoms with Gasteiger partial charge in [-0.1, -0.05) is 103 Å². The third-order valence-electron chi connectivity index (χ3n) is 13.3. The van der Waals surface area contributed by atoms with E-state index in [2.05, 4.69) is 0 Å².